The molecule has 35 heavy (non-hydrogen) atoms. The number of hydrogen-bond donors (Lipinski definition) is 3. The summed E-state index contributed by atoms with van der Waals surface area (Å²) in [5.74, 6) is 1.44. The van der Waals surface area contributed by atoms with Gasteiger partial charge in [0.25, 0.3) is 0 Å². The molecule has 0 bridgehead atoms. The highest BCUT2D eigenvalue weighted by Gasteiger charge is 2.29. The normalized spacial score (nSPS) is 17.6. The number of aromatic nitrogens is 3. The maximum absolute atomic E-state index is 13.3. The minimum Gasteiger partial charge on any atom is -0.357 e. The van der Waals surface area contributed by atoms with Crippen LogP contribution in [0.2, 0.25) is 0 Å². The van der Waals surface area contributed by atoms with E-state index < -0.39 is 6.67 Å². The zero-order valence-electron chi connectivity index (χ0n) is 20.0. The highest BCUT2D eigenvalue weighted by atomic mass is 32.1. The Labute approximate surface area is 208 Å². The van der Waals surface area contributed by atoms with E-state index in [1.807, 2.05) is 31.4 Å². The molecule has 1 fully saturated rings. The van der Waals surface area contributed by atoms with Gasteiger partial charge in [-0.2, -0.15) is 4.98 Å². The van der Waals surface area contributed by atoms with Crippen molar-refractivity contribution in [3.8, 4) is 0 Å². The first kappa shape index (κ1) is 23.4. The minimum absolute atomic E-state index is 0.370. The van der Waals surface area contributed by atoms with Crippen molar-refractivity contribution in [3.63, 3.8) is 0 Å². The van der Waals surface area contributed by atoms with Crippen molar-refractivity contribution >= 4 is 44.7 Å². The number of nitrogens with one attached hydrogen (secondary N) is 3. The summed E-state index contributed by atoms with van der Waals surface area (Å²) in [4.78, 5) is 17.1. The molecule has 9 heteroatoms. The lowest BCUT2D eigenvalue weighted by Gasteiger charge is -2.26. The summed E-state index contributed by atoms with van der Waals surface area (Å²) in [7, 11) is 3.90. The van der Waals surface area contributed by atoms with Crippen LogP contribution in [0.15, 0.2) is 54.9 Å². The van der Waals surface area contributed by atoms with Crippen molar-refractivity contribution < 1.29 is 4.39 Å². The second-order valence-electron chi connectivity index (χ2n) is 8.91. The third-order valence-electron chi connectivity index (χ3n) is 6.56. The van der Waals surface area contributed by atoms with Crippen molar-refractivity contribution in [2.45, 2.75) is 44.6 Å². The van der Waals surface area contributed by atoms with E-state index in [1.54, 1.807) is 6.20 Å². The predicted molar refractivity (Wildman–Crippen MR) is 142 cm³/mol. The quantitative estimate of drug-likeness (QED) is 0.286. The summed E-state index contributed by atoms with van der Waals surface area (Å²) in [6.45, 7) is 0.356. The van der Waals surface area contributed by atoms with Gasteiger partial charge < -0.3 is 20.9 Å². The number of fused-ring (bicyclic) bond motifs is 1. The second kappa shape index (κ2) is 10.5. The Morgan fingerprint density at radius 1 is 1.11 bits per heavy atom. The monoisotopic (exact) mass is 491 g/mol. The molecule has 182 valence electrons. The average Bonchev–Trinajstić information content (AvgIpc) is 3.55. The third kappa shape index (κ3) is 5.36. The van der Waals surface area contributed by atoms with Gasteiger partial charge in [-0.1, -0.05) is 12.1 Å². The maximum Gasteiger partial charge on any atom is 0.225 e. The highest BCUT2D eigenvalue weighted by Crippen LogP contribution is 2.35. The standard InChI is InChI=1S/C26H30FN7S/c1-28-26-32-24(23-13-22(14-27)35-25(23)33-26)34(2)21-10-9-19(12-21)30-15-17-5-7-18(8-6-17)31-20-4-3-11-29-16-20/h3-8,11,13,16,19,21,30-31H,9-10,12,14-15H2,1-2H3,(H,28,32,33). The topological polar surface area (TPSA) is 78.0 Å². The van der Waals surface area contributed by atoms with Gasteiger partial charge in [0.05, 0.1) is 17.3 Å². The van der Waals surface area contributed by atoms with E-state index in [4.69, 9.17) is 4.98 Å². The van der Waals surface area contributed by atoms with Gasteiger partial charge in [-0.25, -0.2) is 9.37 Å². The van der Waals surface area contributed by atoms with Gasteiger partial charge in [-0.15, -0.1) is 11.3 Å². The molecule has 0 saturated heterocycles. The molecule has 3 aromatic heterocycles. The third-order valence-corrected chi connectivity index (χ3v) is 7.56. The molecule has 2 unspecified atom stereocenters. The number of rotatable bonds is 9. The molecule has 3 heterocycles. The molecule has 7 nitrogen and oxygen atoms in total. The fourth-order valence-electron chi connectivity index (χ4n) is 4.64. The average molecular weight is 492 g/mol. The molecule has 1 aliphatic rings. The van der Waals surface area contributed by atoms with Gasteiger partial charge in [-0.05, 0) is 55.2 Å². The summed E-state index contributed by atoms with van der Waals surface area (Å²) in [6.07, 6.45) is 6.82. The van der Waals surface area contributed by atoms with Crippen LogP contribution in [0.3, 0.4) is 0 Å². The molecule has 0 amide bonds. The van der Waals surface area contributed by atoms with Crippen molar-refractivity contribution in [1.82, 2.24) is 20.3 Å². The minimum atomic E-state index is -0.477. The largest absolute Gasteiger partial charge is 0.357 e. The van der Waals surface area contributed by atoms with E-state index in [-0.39, 0.29) is 0 Å². The van der Waals surface area contributed by atoms with E-state index >= 15 is 0 Å². The van der Waals surface area contributed by atoms with Crippen LogP contribution in [0.4, 0.5) is 27.5 Å². The molecular formula is C26H30FN7S. The second-order valence-corrected chi connectivity index (χ2v) is 10.0. The Hall–Kier alpha value is -3.30. The van der Waals surface area contributed by atoms with Crippen molar-refractivity contribution in [3.05, 3.63) is 65.3 Å². The van der Waals surface area contributed by atoms with Gasteiger partial charge in [-0.3, -0.25) is 4.98 Å². The maximum atomic E-state index is 13.3. The van der Waals surface area contributed by atoms with Crippen LogP contribution in [0.1, 0.15) is 29.7 Å². The first-order valence-electron chi connectivity index (χ1n) is 11.9. The van der Waals surface area contributed by atoms with Crippen LogP contribution in [-0.4, -0.2) is 41.1 Å². The number of thiophene rings is 1. The fourth-order valence-corrected chi connectivity index (χ4v) is 5.51. The summed E-state index contributed by atoms with van der Waals surface area (Å²) >= 11 is 1.40. The summed E-state index contributed by atoms with van der Waals surface area (Å²) < 4.78 is 13.3. The molecule has 0 aliphatic heterocycles. The molecular weight excluding hydrogens is 461 g/mol. The van der Waals surface area contributed by atoms with Crippen LogP contribution in [0.5, 0.6) is 0 Å². The number of halogens is 1. The van der Waals surface area contributed by atoms with Crippen molar-refractivity contribution in [2.24, 2.45) is 0 Å². The van der Waals surface area contributed by atoms with Crippen LogP contribution < -0.4 is 20.9 Å². The van der Waals surface area contributed by atoms with Gasteiger partial charge in [0.2, 0.25) is 5.95 Å². The van der Waals surface area contributed by atoms with Gasteiger partial charge in [0.1, 0.15) is 17.3 Å². The number of anilines is 4. The lowest BCUT2D eigenvalue weighted by molar-refractivity contribution is 0.491. The van der Waals surface area contributed by atoms with Crippen molar-refractivity contribution in [2.75, 3.05) is 29.6 Å². The summed E-state index contributed by atoms with van der Waals surface area (Å²) in [5, 5.41) is 11.1. The lowest BCUT2D eigenvalue weighted by atomic mass is 10.1. The van der Waals surface area contributed by atoms with E-state index in [9.17, 15) is 4.39 Å². The molecule has 2 atom stereocenters. The lowest BCUT2D eigenvalue weighted by Crippen LogP contribution is -2.33. The number of pyridine rings is 1. The molecule has 3 N–H and O–H groups in total. The van der Waals surface area contributed by atoms with E-state index in [0.29, 0.717) is 22.9 Å². The number of benzene rings is 1. The predicted octanol–water partition coefficient (Wildman–Crippen LogP) is 5.49. The molecule has 1 aliphatic carbocycles. The number of nitrogens with zero attached hydrogens (tertiary/aromatic N) is 4. The molecule has 0 spiro atoms. The smallest absolute Gasteiger partial charge is 0.225 e. The Morgan fingerprint density at radius 2 is 1.97 bits per heavy atom. The van der Waals surface area contributed by atoms with Crippen LogP contribution in [-0.2, 0) is 13.2 Å². The highest BCUT2D eigenvalue weighted by molar-refractivity contribution is 7.18. The Morgan fingerprint density at radius 3 is 2.71 bits per heavy atom. The van der Waals surface area contributed by atoms with Gasteiger partial charge >= 0.3 is 0 Å². The Balaban J connectivity index is 1.19. The van der Waals surface area contributed by atoms with Crippen LogP contribution in [0.25, 0.3) is 10.2 Å². The number of alkyl halides is 1. The molecule has 5 rings (SSSR count). The van der Waals surface area contributed by atoms with Gasteiger partial charge in [0.15, 0.2) is 0 Å². The zero-order chi connectivity index (χ0) is 24.2. The van der Waals surface area contributed by atoms with E-state index in [1.165, 1.54) is 16.9 Å². The number of hydrogen-bond acceptors (Lipinski definition) is 8. The first-order chi connectivity index (χ1) is 17.1. The Kier molecular flexibility index (Phi) is 7.06. The van der Waals surface area contributed by atoms with Crippen LogP contribution >= 0.6 is 11.3 Å². The molecule has 0 radical (unpaired) electrons. The van der Waals surface area contributed by atoms with Gasteiger partial charge in [0, 0.05) is 49.5 Å². The molecule has 4 aromatic rings. The van der Waals surface area contributed by atoms with Crippen LogP contribution in [0, 0.1) is 0 Å². The summed E-state index contributed by atoms with van der Waals surface area (Å²) in [6, 6.07) is 15.1. The van der Waals surface area contributed by atoms with Crippen molar-refractivity contribution in [1.29, 1.82) is 0 Å². The molecule has 1 aromatic carbocycles. The summed E-state index contributed by atoms with van der Waals surface area (Å²) in [5.41, 5.74) is 3.28. The fraction of sp³-hybridized carbons (Fsp3) is 0.346. The Bertz CT molecular complexity index is 1260. The van der Waals surface area contributed by atoms with E-state index in [0.717, 1.165) is 53.2 Å². The zero-order valence-corrected chi connectivity index (χ0v) is 20.8. The molecule has 1 saturated carbocycles. The SMILES string of the molecule is CNc1nc(N(C)C2CCC(NCc3ccc(Nc4cccnc4)cc3)C2)c2cc(CF)sc2n1. The first-order valence-corrected chi connectivity index (χ1v) is 12.7. The van der Waals surface area contributed by atoms with E-state index in [2.05, 4.69) is 62.1 Å².